The van der Waals surface area contributed by atoms with E-state index in [1.807, 2.05) is 5.32 Å². The Morgan fingerprint density at radius 1 is 0.596 bits per heavy atom. The summed E-state index contributed by atoms with van der Waals surface area (Å²) in [6.07, 6.45) is -2.80. The van der Waals surface area contributed by atoms with Gasteiger partial charge in [0.2, 0.25) is 35.4 Å². The van der Waals surface area contributed by atoms with Crippen LogP contribution < -0.4 is 37.6 Å². The van der Waals surface area contributed by atoms with Crippen molar-refractivity contribution in [2.75, 3.05) is 19.6 Å². The van der Waals surface area contributed by atoms with E-state index in [4.69, 9.17) is 10.8 Å². The topological polar surface area (TPSA) is 336 Å². The van der Waals surface area contributed by atoms with Crippen LogP contribution in [0.2, 0.25) is 0 Å². The van der Waals surface area contributed by atoms with Gasteiger partial charge >= 0.3 is 11.9 Å². The number of carbonyl (C=O) groups is 8. The first-order chi connectivity index (χ1) is 24.5. The molecule has 13 N–H and O–H groups in total. The number of aliphatic hydroxyl groups is 1. The predicted molar refractivity (Wildman–Crippen MR) is 178 cm³/mol. The number of aliphatic carboxylic acids is 2. The molecule has 20 heteroatoms. The summed E-state index contributed by atoms with van der Waals surface area (Å²) in [7, 11) is 0. The van der Waals surface area contributed by atoms with Gasteiger partial charge in [0.05, 0.1) is 25.6 Å². The minimum absolute atomic E-state index is 0.0974. The van der Waals surface area contributed by atoms with Crippen molar-refractivity contribution in [1.29, 1.82) is 0 Å². The number of phenolic OH excluding ortho intramolecular Hbond substituents is 2. The molecule has 0 saturated carbocycles. The fourth-order valence-electron chi connectivity index (χ4n) is 4.53. The molecular formula is C32H41N7O13. The summed E-state index contributed by atoms with van der Waals surface area (Å²) in [5, 5.41) is 60.9. The Morgan fingerprint density at radius 3 is 1.50 bits per heavy atom. The molecule has 2 aromatic carbocycles. The molecule has 2 rings (SSSR count). The number of amides is 6. The SMILES string of the molecule is C[C@@H](O)[C@H](NC(=O)CNC(=O)[C@H](Cc1ccc(O)cc1)NC(=O)[C@H](Cc1ccc(O)cc1)NC(=O)[C@H](CC(=O)O)NC(=O)CN)C(=O)NCC(=O)O. The van der Waals surface area contributed by atoms with Crippen LogP contribution in [0.15, 0.2) is 48.5 Å². The van der Waals surface area contributed by atoms with E-state index in [-0.39, 0.29) is 24.3 Å². The van der Waals surface area contributed by atoms with E-state index in [0.717, 1.165) is 6.92 Å². The van der Waals surface area contributed by atoms with Gasteiger partial charge in [-0.1, -0.05) is 24.3 Å². The largest absolute Gasteiger partial charge is 0.508 e. The Kier molecular flexibility index (Phi) is 16.4. The molecule has 20 nitrogen and oxygen atoms in total. The third kappa shape index (κ3) is 14.7. The normalized spacial score (nSPS) is 13.5. The lowest BCUT2D eigenvalue weighted by Gasteiger charge is -2.25. The first kappa shape index (κ1) is 41.9. The number of benzene rings is 2. The van der Waals surface area contributed by atoms with Crippen LogP contribution in [0.25, 0.3) is 0 Å². The number of hydrogen-bond donors (Lipinski definition) is 12. The van der Waals surface area contributed by atoms with Crippen LogP contribution in [0.3, 0.4) is 0 Å². The number of hydrogen-bond acceptors (Lipinski definition) is 12. The molecule has 0 aliphatic rings. The third-order valence-electron chi connectivity index (χ3n) is 7.15. The number of rotatable bonds is 20. The first-order valence-corrected chi connectivity index (χ1v) is 15.6. The van der Waals surface area contributed by atoms with Gasteiger partial charge in [0.15, 0.2) is 0 Å². The summed E-state index contributed by atoms with van der Waals surface area (Å²) in [4.78, 5) is 99.4. The standard InChI is InChI=1S/C32H41N7O13/c1-16(40)28(32(52)35-15-27(47)48)39-25(44)14-34-29(49)21(10-17-2-6-19(41)7-3-17)37-30(50)22(11-18-4-8-20(42)9-5-18)38-31(51)23(12-26(45)46)36-24(43)13-33/h2-9,16,21-23,28,40-42H,10-15,33H2,1H3,(H,34,49)(H,35,52)(H,36,43)(H,37,50)(H,38,51)(H,39,44)(H,45,46)(H,47,48)/t16-,21+,22+,23+,28+/m1/s1. The Morgan fingerprint density at radius 2 is 1.06 bits per heavy atom. The maximum atomic E-state index is 13.8. The molecule has 6 amide bonds. The van der Waals surface area contributed by atoms with Crippen LogP contribution in [-0.2, 0) is 51.2 Å². The summed E-state index contributed by atoms with van der Waals surface area (Å²) in [6, 6.07) is 4.84. The number of carbonyl (C=O) groups excluding carboxylic acids is 6. The van der Waals surface area contributed by atoms with E-state index < -0.39 is 104 Å². The summed E-state index contributed by atoms with van der Waals surface area (Å²) < 4.78 is 0. The summed E-state index contributed by atoms with van der Waals surface area (Å²) >= 11 is 0. The van der Waals surface area contributed by atoms with Crippen molar-refractivity contribution in [1.82, 2.24) is 31.9 Å². The van der Waals surface area contributed by atoms with Crippen molar-refractivity contribution in [3.8, 4) is 11.5 Å². The second-order valence-corrected chi connectivity index (χ2v) is 11.4. The summed E-state index contributed by atoms with van der Waals surface area (Å²) in [5.41, 5.74) is 6.12. The molecule has 0 aromatic heterocycles. The molecule has 0 saturated heterocycles. The van der Waals surface area contributed by atoms with Crippen molar-refractivity contribution in [3.05, 3.63) is 59.7 Å². The lowest BCUT2D eigenvalue weighted by Crippen LogP contribution is -2.59. The van der Waals surface area contributed by atoms with E-state index in [2.05, 4.69) is 26.6 Å². The Labute approximate surface area is 296 Å². The molecule has 0 heterocycles. The molecule has 0 unspecified atom stereocenters. The number of phenols is 2. The van der Waals surface area contributed by atoms with Crippen molar-refractivity contribution >= 4 is 47.4 Å². The second-order valence-electron chi connectivity index (χ2n) is 11.4. The number of carboxylic acid groups (broad SMARTS) is 2. The van der Waals surface area contributed by atoms with Crippen molar-refractivity contribution < 1.29 is 63.9 Å². The average Bonchev–Trinajstić information content (AvgIpc) is 3.08. The number of nitrogens with two attached hydrogens (primary N) is 1. The summed E-state index contributed by atoms with van der Waals surface area (Å²) in [6.45, 7) is -0.966. The number of aromatic hydroxyl groups is 2. The van der Waals surface area contributed by atoms with Crippen LogP contribution in [0.4, 0.5) is 0 Å². The van der Waals surface area contributed by atoms with Crippen LogP contribution in [0.1, 0.15) is 24.5 Å². The van der Waals surface area contributed by atoms with E-state index in [0.29, 0.717) is 11.1 Å². The molecule has 0 radical (unpaired) electrons. The lowest BCUT2D eigenvalue weighted by molar-refractivity contribution is -0.141. The Bertz CT molecular complexity index is 1600. The minimum Gasteiger partial charge on any atom is -0.508 e. The third-order valence-corrected chi connectivity index (χ3v) is 7.15. The fraction of sp³-hybridized carbons (Fsp3) is 0.375. The van der Waals surface area contributed by atoms with Crippen LogP contribution in [-0.4, -0.2) is 123 Å². The van der Waals surface area contributed by atoms with Gasteiger partial charge in [-0.15, -0.1) is 0 Å². The van der Waals surface area contributed by atoms with Crippen LogP contribution >= 0.6 is 0 Å². The molecular weight excluding hydrogens is 690 g/mol. The monoisotopic (exact) mass is 731 g/mol. The van der Waals surface area contributed by atoms with Gasteiger partial charge in [-0.25, -0.2) is 0 Å². The highest BCUT2D eigenvalue weighted by molar-refractivity contribution is 5.97. The van der Waals surface area contributed by atoms with Crippen molar-refractivity contribution in [2.24, 2.45) is 5.73 Å². The van der Waals surface area contributed by atoms with Gasteiger partial charge in [0.1, 0.15) is 42.2 Å². The molecule has 2 aromatic rings. The molecule has 0 spiro atoms. The molecule has 0 bridgehead atoms. The highest BCUT2D eigenvalue weighted by Crippen LogP contribution is 2.14. The van der Waals surface area contributed by atoms with Crippen molar-refractivity contribution in [2.45, 2.75) is 56.5 Å². The van der Waals surface area contributed by atoms with Gasteiger partial charge in [0, 0.05) is 12.8 Å². The minimum atomic E-state index is -1.64. The maximum Gasteiger partial charge on any atom is 0.322 e. The van der Waals surface area contributed by atoms with E-state index in [9.17, 15) is 58.8 Å². The van der Waals surface area contributed by atoms with E-state index in [1.165, 1.54) is 48.5 Å². The molecule has 5 atom stereocenters. The van der Waals surface area contributed by atoms with Crippen LogP contribution in [0, 0.1) is 0 Å². The lowest BCUT2D eigenvalue weighted by atomic mass is 10.0. The predicted octanol–water partition coefficient (Wildman–Crippen LogP) is -4.05. The highest BCUT2D eigenvalue weighted by atomic mass is 16.4. The zero-order chi connectivity index (χ0) is 39.0. The number of nitrogens with one attached hydrogen (secondary N) is 6. The van der Waals surface area contributed by atoms with Crippen LogP contribution in [0.5, 0.6) is 11.5 Å². The van der Waals surface area contributed by atoms with Gasteiger partial charge in [-0.2, -0.15) is 0 Å². The number of carboxylic acids is 2. The maximum absolute atomic E-state index is 13.8. The van der Waals surface area contributed by atoms with E-state index >= 15 is 0 Å². The smallest absolute Gasteiger partial charge is 0.322 e. The Balaban J connectivity index is 2.33. The quantitative estimate of drug-likeness (QED) is 0.0617. The first-order valence-electron chi connectivity index (χ1n) is 15.6. The zero-order valence-corrected chi connectivity index (χ0v) is 27.8. The van der Waals surface area contributed by atoms with Gasteiger partial charge in [0.25, 0.3) is 0 Å². The average molecular weight is 732 g/mol. The molecule has 282 valence electrons. The van der Waals surface area contributed by atoms with Crippen molar-refractivity contribution in [3.63, 3.8) is 0 Å². The second kappa shape index (κ2) is 20.4. The molecule has 0 fully saturated rings. The van der Waals surface area contributed by atoms with Gasteiger partial charge in [-0.3, -0.25) is 38.4 Å². The molecule has 52 heavy (non-hydrogen) atoms. The zero-order valence-electron chi connectivity index (χ0n) is 27.8. The molecule has 0 aliphatic heterocycles. The Hall–Kier alpha value is -6.28. The van der Waals surface area contributed by atoms with Gasteiger partial charge in [-0.05, 0) is 42.3 Å². The molecule has 0 aliphatic carbocycles. The summed E-state index contributed by atoms with van der Waals surface area (Å²) in [5.74, 6) is -8.83. The van der Waals surface area contributed by atoms with Gasteiger partial charge < -0.3 is 63.2 Å². The number of aliphatic hydroxyl groups excluding tert-OH is 1. The fourth-order valence-corrected chi connectivity index (χ4v) is 4.53. The highest BCUT2D eigenvalue weighted by Gasteiger charge is 2.32. The van der Waals surface area contributed by atoms with E-state index in [1.54, 1.807) is 0 Å².